The predicted octanol–water partition coefficient (Wildman–Crippen LogP) is 2.16. The highest BCUT2D eigenvalue weighted by Gasteiger charge is 2.28. The van der Waals surface area contributed by atoms with Gasteiger partial charge in [-0.15, -0.1) is 0 Å². The number of fused-ring (bicyclic) bond motifs is 1. The fraction of sp³-hybridized carbons (Fsp3) is 0.524. The molecule has 0 radical (unpaired) electrons. The molecule has 1 saturated heterocycles. The molecule has 146 valence electrons. The number of nitrogens with one attached hydrogen (secondary N) is 2. The Bertz CT molecular complexity index is 792. The lowest BCUT2D eigenvalue weighted by Gasteiger charge is -2.38. The van der Waals surface area contributed by atoms with Crippen LogP contribution in [0.5, 0.6) is 0 Å². The third-order valence-corrected chi connectivity index (χ3v) is 5.84. The zero-order valence-electron chi connectivity index (χ0n) is 16.5. The van der Waals surface area contributed by atoms with Gasteiger partial charge >= 0.3 is 0 Å². The number of rotatable bonds is 6. The number of nitrogens with zero attached hydrogens (tertiary/aromatic N) is 2. The van der Waals surface area contributed by atoms with Crippen LogP contribution in [-0.2, 0) is 16.0 Å². The van der Waals surface area contributed by atoms with Crippen LogP contribution in [0.3, 0.4) is 0 Å². The lowest BCUT2D eigenvalue weighted by molar-refractivity contribution is -0.132. The van der Waals surface area contributed by atoms with Crippen molar-refractivity contribution >= 4 is 22.7 Å². The van der Waals surface area contributed by atoms with E-state index >= 15 is 0 Å². The summed E-state index contributed by atoms with van der Waals surface area (Å²) in [7, 11) is 1.86. The Morgan fingerprint density at radius 3 is 2.70 bits per heavy atom. The normalized spacial score (nSPS) is 17.0. The van der Waals surface area contributed by atoms with Gasteiger partial charge in [0.25, 0.3) is 0 Å². The lowest BCUT2D eigenvalue weighted by Crippen LogP contribution is -2.51. The van der Waals surface area contributed by atoms with Crippen molar-refractivity contribution < 1.29 is 9.59 Å². The van der Waals surface area contributed by atoms with Crippen molar-refractivity contribution in [3.8, 4) is 0 Å². The quantitative estimate of drug-likeness (QED) is 0.819. The average Bonchev–Trinajstić information content (AvgIpc) is 3.10. The molecule has 1 unspecified atom stereocenters. The summed E-state index contributed by atoms with van der Waals surface area (Å²) in [5, 5.41) is 4.29. The van der Waals surface area contributed by atoms with Crippen LogP contribution < -0.4 is 5.32 Å². The topological polar surface area (TPSA) is 68.4 Å². The van der Waals surface area contributed by atoms with Gasteiger partial charge in [0.15, 0.2) is 0 Å². The highest BCUT2D eigenvalue weighted by atomic mass is 16.2. The Morgan fingerprint density at radius 1 is 1.30 bits per heavy atom. The van der Waals surface area contributed by atoms with Gasteiger partial charge in [0.05, 0.1) is 6.04 Å². The second-order valence-electron chi connectivity index (χ2n) is 7.47. The maximum atomic E-state index is 12.5. The van der Waals surface area contributed by atoms with Crippen LogP contribution in [0, 0.1) is 0 Å². The minimum atomic E-state index is -0.142. The smallest absolute Gasteiger partial charge is 0.237 e. The van der Waals surface area contributed by atoms with Crippen molar-refractivity contribution in [3.63, 3.8) is 0 Å². The van der Waals surface area contributed by atoms with Crippen LogP contribution in [0.4, 0.5) is 0 Å². The Kier molecular flexibility index (Phi) is 6.16. The van der Waals surface area contributed by atoms with E-state index in [0.29, 0.717) is 6.54 Å². The molecule has 2 aromatic rings. The summed E-state index contributed by atoms with van der Waals surface area (Å²) >= 11 is 0. The van der Waals surface area contributed by atoms with Gasteiger partial charge < -0.3 is 15.2 Å². The minimum Gasteiger partial charge on any atom is -0.361 e. The number of likely N-dealkylation sites (tertiary alicyclic amines) is 1. The second kappa shape index (κ2) is 8.57. The van der Waals surface area contributed by atoms with E-state index in [4.69, 9.17) is 0 Å². The van der Waals surface area contributed by atoms with E-state index < -0.39 is 0 Å². The molecule has 1 aliphatic heterocycles. The standard InChI is InChI=1S/C21H30N4O2/c1-15(25-12-9-18(10-13-25)24(3)16(2)26)21(27)22-11-8-17-14-23-20-7-5-4-6-19(17)20/h4-7,14-15,18,23H,8-13H2,1-3H3,(H,22,27). The van der Waals surface area contributed by atoms with Crippen molar-refractivity contribution in [2.45, 2.75) is 45.2 Å². The molecule has 1 aromatic carbocycles. The number of aromatic nitrogens is 1. The van der Waals surface area contributed by atoms with Crippen LogP contribution >= 0.6 is 0 Å². The summed E-state index contributed by atoms with van der Waals surface area (Å²) < 4.78 is 0. The van der Waals surface area contributed by atoms with Crippen molar-refractivity contribution in [2.24, 2.45) is 0 Å². The fourth-order valence-corrected chi connectivity index (χ4v) is 3.89. The van der Waals surface area contributed by atoms with Crippen molar-refractivity contribution in [2.75, 3.05) is 26.7 Å². The van der Waals surface area contributed by atoms with Crippen LogP contribution in [-0.4, -0.2) is 65.4 Å². The number of carbonyl (C=O) groups excluding carboxylic acids is 2. The zero-order valence-corrected chi connectivity index (χ0v) is 16.5. The first kappa shape index (κ1) is 19.4. The summed E-state index contributed by atoms with van der Waals surface area (Å²) in [5.74, 6) is 0.185. The van der Waals surface area contributed by atoms with Gasteiger partial charge in [-0.2, -0.15) is 0 Å². The van der Waals surface area contributed by atoms with Crippen LogP contribution in [0.15, 0.2) is 30.5 Å². The molecule has 0 saturated carbocycles. The third kappa shape index (κ3) is 4.50. The maximum Gasteiger partial charge on any atom is 0.237 e. The Balaban J connectivity index is 1.45. The number of amides is 2. The zero-order chi connectivity index (χ0) is 19.4. The maximum absolute atomic E-state index is 12.5. The minimum absolute atomic E-state index is 0.0770. The van der Waals surface area contributed by atoms with Gasteiger partial charge in [-0.1, -0.05) is 18.2 Å². The van der Waals surface area contributed by atoms with Crippen molar-refractivity contribution in [1.82, 2.24) is 20.1 Å². The second-order valence-corrected chi connectivity index (χ2v) is 7.47. The van der Waals surface area contributed by atoms with Crippen LogP contribution in [0.1, 0.15) is 32.3 Å². The summed E-state index contributed by atoms with van der Waals surface area (Å²) in [4.78, 5) is 31.4. The Morgan fingerprint density at radius 2 is 2.00 bits per heavy atom. The van der Waals surface area contributed by atoms with Crippen LogP contribution in [0.2, 0.25) is 0 Å². The molecule has 3 rings (SSSR count). The molecule has 2 N–H and O–H groups in total. The third-order valence-electron chi connectivity index (χ3n) is 5.84. The lowest BCUT2D eigenvalue weighted by atomic mass is 10.0. The van der Waals surface area contributed by atoms with E-state index in [-0.39, 0.29) is 23.9 Å². The highest BCUT2D eigenvalue weighted by molar-refractivity contribution is 5.83. The van der Waals surface area contributed by atoms with Gasteiger partial charge in [-0.05, 0) is 37.8 Å². The Hall–Kier alpha value is -2.34. The van der Waals surface area contributed by atoms with E-state index in [9.17, 15) is 9.59 Å². The molecule has 1 fully saturated rings. The SMILES string of the molecule is CC(=O)N(C)C1CCN(C(C)C(=O)NCCc2c[nH]c3ccccc23)CC1. The molecular formula is C21H30N4O2. The first-order valence-corrected chi connectivity index (χ1v) is 9.77. The Labute approximate surface area is 160 Å². The summed E-state index contributed by atoms with van der Waals surface area (Å²) in [6.45, 7) is 5.90. The molecule has 6 heteroatoms. The number of aromatic amines is 1. The first-order chi connectivity index (χ1) is 13.0. The molecule has 2 heterocycles. The molecule has 1 aliphatic rings. The monoisotopic (exact) mass is 370 g/mol. The van der Waals surface area contributed by atoms with Gasteiger partial charge in [0.2, 0.25) is 11.8 Å². The number of H-pyrrole nitrogens is 1. The molecule has 0 aliphatic carbocycles. The molecule has 0 spiro atoms. The number of hydrogen-bond donors (Lipinski definition) is 2. The van der Waals surface area contributed by atoms with Gasteiger partial charge in [0.1, 0.15) is 0 Å². The highest BCUT2D eigenvalue weighted by Crippen LogP contribution is 2.19. The molecule has 1 atom stereocenters. The van der Waals surface area contributed by atoms with E-state index in [0.717, 1.165) is 37.9 Å². The number of hydrogen-bond acceptors (Lipinski definition) is 3. The van der Waals surface area contributed by atoms with Crippen LogP contribution in [0.25, 0.3) is 10.9 Å². The molecule has 0 bridgehead atoms. The number of para-hydroxylation sites is 1. The number of carbonyl (C=O) groups is 2. The molecule has 2 amide bonds. The molecular weight excluding hydrogens is 340 g/mol. The summed E-state index contributed by atoms with van der Waals surface area (Å²) in [6, 6.07) is 8.37. The molecule has 1 aromatic heterocycles. The van der Waals surface area contributed by atoms with Gasteiger partial charge in [-0.25, -0.2) is 0 Å². The average molecular weight is 370 g/mol. The van der Waals surface area contributed by atoms with Crippen molar-refractivity contribution in [1.29, 1.82) is 0 Å². The summed E-state index contributed by atoms with van der Waals surface area (Å²) in [6.07, 6.45) is 4.68. The van der Waals surface area contributed by atoms with E-state index in [1.165, 1.54) is 10.9 Å². The van der Waals surface area contributed by atoms with E-state index in [1.807, 2.05) is 37.2 Å². The summed E-state index contributed by atoms with van der Waals surface area (Å²) in [5.41, 5.74) is 2.36. The van der Waals surface area contributed by atoms with Gasteiger partial charge in [-0.3, -0.25) is 14.5 Å². The van der Waals surface area contributed by atoms with Gasteiger partial charge in [0, 0.05) is 56.7 Å². The predicted molar refractivity (Wildman–Crippen MR) is 108 cm³/mol. The molecule has 27 heavy (non-hydrogen) atoms. The number of piperidine rings is 1. The van der Waals surface area contributed by atoms with Crippen molar-refractivity contribution in [3.05, 3.63) is 36.0 Å². The van der Waals surface area contributed by atoms with E-state index in [2.05, 4.69) is 27.3 Å². The first-order valence-electron chi connectivity index (χ1n) is 9.77. The van der Waals surface area contributed by atoms with E-state index in [1.54, 1.807) is 6.92 Å². The fourth-order valence-electron chi connectivity index (χ4n) is 3.89. The largest absolute Gasteiger partial charge is 0.361 e. The number of benzene rings is 1. The molecule has 6 nitrogen and oxygen atoms in total.